The molecule has 1 aliphatic rings. The van der Waals surface area contributed by atoms with Gasteiger partial charge in [-0.15, -0.1) is 0 Å². The highest BCUT2D eigenvalue weighted by Gasteiger charge is 2.31. The quantitative estimate of drug-likeness (QED) is 0.463. The van der Waals surface area contributed by atoms with E-state index < -0.39 is 4.92 Å². The standard InChI is InChI=1S/C11H11Br2NO3/c1-6-2-7(12)5-10(14(15)16)11(6)17-9-3-8(13)4-9/h2,5,8-9H,3-4H2,1H3. The lowest BCUT2D eigenvalue weighted by atomic mass is 9.96. The van der Waals surface area contributed by atoms with E-state index in [1.165, 1.54) is 6.07 Å². The average molecular weight is 365 g/mol. The number of nitro benzene ring substituents is 1. The summed E-state index contributed by atoms with van der Waals surface area (Å²) in [6.45, 7) is 1.82. The van der Waals surface area contributed by atoms with Gasteiger partial charge in [-0.05, 0) is 31.4 Å². The number of benzene rings is 1. The summed E-state index contributed by atoms with van der Waals surface area (Å²) in [5.41, 5.74) is 0.805. The molecular formula is C11H11Br2NO3. The maximum atomic E-state index is 11.0. The van der Waals surface area contributed by atoms with Crippen LogP contribution in [0, 0.1) is 17.0 Å². The monoisotopic (exact) mass is 363 g/mol. The zero-order chi connectivity index (χ0) is 12.6. The number of rotatable bonds is 3. The van der Waals surface area contributed by atoms with Crippen LogP contribution in [0.1, 0.15) is 18.4 Å². The number of nitro groups is 1. The second-order valence-electron chi connectivity index (χ2n) is 4.14. The lowest BCUT2D eigenvalue weighted by Crippen LogP contribution is -2.34. The van der Waals surface area contributed by atoms with Gasteiger partial charge in [0.05, 0.1) is 4.92 Å². The van der Waals surface area contributed by atoms with Crippen LogP contribution in [0.15, 0.2) is 16.6 Å². The van der Waals surface area contributed by atoms with Crippen LogP contribution in [0.2, 0.25) is 0 Å². The predicted octanol–water partition coefficient (Wildman–Crippen LogP) is 3.97. The topological polar surface area (TPSA) is 52.4 Å². The molecule has 0 unspecified atom stereocenters. The summed E-state index contributed by atoms with van der Waals surface area (Å²) in [7, 11) is 0. The van der Waals surface area contributed by atoms with E-state index in [9.17, 15) is 10.1 Å². The van der Waals surface area contributed by atoms with Gasteiger partial charge in [0.15, 0.2) is 5.75 Å². The van der Waals surface area contributed by atoms with Crippen molar-refractivity contribution in [3.05, 3.63) is 32.3 Å². The predicted molar refractivity (Wildman–Crippen MR) is 71.9 cm³/mol. The Hall–Kier alpha value is -0.620. The molecule has 1 saturated carbocycles. The van der Waals surface area contributed by atoms with E-state index >= 15 is 0 Å². The van der Waals surface area contributed by atoms with E-state index in [2.05, 4.69) is 31.9 Å². The fourth-order valence-electron chi connectivity index (χ4n) is 1.77. The second-order valence-corrected chi connectivity index (χ2v) is 6.35. The summed E-state index contributed by atoms with van der Waals surface area (Å²) in [5.74, 6) is 0.391. The molecule has 1 aromatic carbocycles. The van der Waals surface area contributed by atoms with Crippen LogP contribution in [-0.2, 0) is 0 Å². The van der Waals surface area contributed by atoms with Crippen LogP contribution in [0.4, 0.5) is 5.69 Å². The van der Waals surface area contributed by atoms with Crippen molar-refractivity contribution in [2.45, 2.75) is 30.7 Å². The molecule has 6 heteroatoms. The van der Waals surface area contributed by atoms with Crippen molar-refractivity contribution in [1.82, 2.24) is 0 Å². The minimum atomic E-state index is -0.405. The number of hydrogen-bond acceptors (Lipinski definition) is 3. The Morgan fingerprint density at radius 2 is 2.12 bits per heavy atom. The van der Waals surface area contributed by atoms with Gasteiger partial charge >= 0.3 is 5.69 Å². The Kier molecular flexibility index (Phi) is 3.73. The van der Waals surface area contributed by atoms with Gasteiger partial charge in [-0.3, -0.25) is 10.1 Å². The molecule has 0 N–H and O–H groups in total. The Morgan fingerprint density at radius 3 is 2.65 bits per heavy atom. The van der Waals surface area contributed by atoms with Crippen LogP contribution in [0.25, 0.3) is 0 Å². The summed E-state index contributed by atoms with van der Waals surface area (Å²) in [5, 5.41) is 11.0. The first-order valence-corrected chi connectivity index (χ1v) is 6.93. The van der Waals surface area contributed by atoms with Crippen molar-refractivity contribution in [3.8, 4) is 5.75 Å². The third-order valence-electron chi connectivity index (χ3n) is 2.74. The summed E-state index contributed by atoms with van der Waals surface area (Å²) < 4.78 is 6.40. The first-order valence-electron chi connectivity index (χ1n) is 5.22. The second kappa shape index (κ2) is 4.94. The van der Waals surface area contributed by atoms with Gasteiger partial charge in [0.25, 0.3) is 0 Å². The van der Waals surface area contributed by atoms with Crippen LogP contribution < -0.4 is 4.74 Å². The van der Waals surface area contributed by atoms with Crippen molar-refractivity contribution >= 4 is 37.5 Å². The first kappa shape index (κ1) is 12.8. The molecule has 0 spiro atoms. The van der Waals surface area contributed by atoms with Crippen LogP contribution in [-0.4, -0.2) is 15.9 Å². The average Bonchev–Trinajstić information content (AvgIpc) is 2.18. The Labute approximate surface area is 116 Å². The Bertz CT molecular complexity index is 458. The number of aryl methyl sites for hydroxylation is 1. The molecule has 1 fully saturated rings. The van der Waals surface area contributed by atoms with Crippen molar-refractivity contribution in [1.29, 1.82) is 0 Å². The van der Waals surface area contributed by atoms with Crippen molar-refractivity contribution in [3.63, 3.8) is 0 Å². The molecule has 0 atom stereocenters. The van der Waals surface area contributed by atoms with Gasteiger partial charge < -0.3 is 4.74 Å². The smallest absolute Gasteiger partial charge is 0.312 e. The molecular weight excluding hydrogens is 354 g/mol. The number of nitrogens with zero attached hydrogens (tertiary/aromatic N) is 1. The lowest BCUT2D eigenvalue weighted by Gasteiger charge is -2.31. The van der Waals surface area contributed by atoms with Crippen LogP contribution in [0.3, 0.4) is 0 Å². The van der Waals surface area contributed by atoms with Crippen LogP contribution in [0.5, 0.6) is 5.75 Å². The molecule has 1 aromatic rings. The molecule has 1 aliphatic carbocycles. The summed E-state index contributed by atoms with van der Waals surface area (Å²) in [6.07, 6.45) is 1.87. The fourth-order valence-corrected chi connectivity index (χ4v) is 3.16. The van der Waals surface area contributed by atoms with Crippen LogP contribution >= 0.6 is 31.9 Å². The number of alkyl halides is 1. The van der Waals surface area contributed by atoms with Crippen molar-refractivity contribution in [2.75, 3.05) is 0 Å². The van der Waals surface area contributed by atoms with E-state index in [4.69, 9.17) is 4.74 Å². The molecule has 17 heavy (non-hydrogen) atoms. The van der Waals surface area contributed by atoms with Gasteiger partial charge in [-0.2, -0.15) is 0 Å². The maximum absolute atomic E-state index is 11.0. The van der Waals surface area contributed by atoms with Gasteiger partial charge in [-0.25, -0.2) is 0 Å². The molecule has 92 valence electrons. The molecule has 0 aliphatic heterocycles. The highest BCUT2D eigenvalue weighted by molar-refractivity contribution is 9.10. The zero-order valence-corrected chi connectivity index (χ0v) is 12.3. The molecule has 0 amide bonds. The largest absolute Gasteiger partial charge is 0.483 e. The normalized spacial score (nSPS) is 23.0. The number of hydrogen-bond donors (Lipinski definition) is 0. The first-order chi connectivity index (χ1) is 7.97. The van der Waals surface area contributed by atoms with Gasteiger partial charge in [-0.1, -0.05) is 31.9 Å². The SMILES string of the molecule is Cc1cc(Br)cc([N+](=O)[O-])c1OC1CC(Br)C1. The van der Waals surface area contributed by atoms with Gasteiger partial charge in [0.2, 0.25) is 0 Å². The van der Waals surface area contributed by atoms with E-state index in [0.717, 1.165) is 18.4 Å². The van der Waals surface area contributed by atoms with Gasteiger partial charge in [0.1, 0.15) is 6.10 Å². The van der Waals surface area contributed by atoms with E-state index in [0.29, 0.717) is 15.0 Å². The van der Waals surface area contributed by atoms with Gasteiger partial charge in [0, 0.05) is 15.4 Å². The fraction of sp³-hybridized carbons (Fsp3) is 0.455. The molecule has 4 nitrogen and oxygen atoms in total. The molecule has 0 aromatic heterocycles. The molecule has 0 saturated heterocycles. The number of halogens is 2. The third kappa shape index (κ3) is 2.80. The van der Waals surface area contributed by atoms with Crippen molar-refractivity contribution < 1.29 is 9.66 Å². The maximum Gasteiger partial charge on any atom is 0.312 e. The Morgan fingerprint density at radius 1 is 1.47 bits per heavy atom. The van der Waals surface area contributed by atoms with E-state index in [1.807, 2.05) is 13.0 Å². The molecule has 2 rings (SSSR count). The molecule has 0 bridgehead atoms. The molecule has 0 radical (unpaired) electrons. The lowest BCUT2D eigenvalue weighted by molar-refractivity contribution is -0.386. The van der Waals surface area contributed by atoms with E-state index in [-0.39, 0.29) is 11.8 Å². The number of ether oxygens (including phenoxy) is 1. The highest BCUT2D eigenvalue weighted by atomic mass is 79.9. The minimum absolute atomic E-state index is 0.0231. The molecule has 0 heterocycles. The highest BCUT2D eigenvalue weighted by Crippen LogP contribution is 2.38. The third-order valence-corrected chi connectivity index (χ3v) is 3.94. The summed E-state index contributed by atoms with van der Waals surface area (Å²) in [4.78, 5) is 11.0. The Balaban J connectivity index is 2.28. The van der Waals surface area contributed by atoms with E-state index in [1.54, 1.807) is 0 Å². The summed E-state index contributed by atoms with van der Waals surface area (Å²) >= 11 is 6.72. The zero-order valence-electron chi connectivity index (χ0n) is 9.15. The van der Waals surface area contributed by atoms with Crippen molar-refractivity contribution in [2.24, 2.45) is 0 Å². The minimum Gasteiger partial charge on any atom is -0.483 e. The summed E-state index contributed by atoms with van der Waals surface area (Å²) in [6, 6.07) is 3.30.